The van der Waals surface area contributed by atoms with Crippen LogP contribution >= 0.6 is 0 Å². The molecule has 0 N–H and O–H groups in total. The fourth-order valence-electron chi connectivity index (χ4n) is 1.86. The molecule has 0 fully saturated rings. The van der Waals surface area contributed by atoms with Gasteiger partial charge in [0, 0.05) is 17.8 Å². The molecule has 80 valence electrons. The molecule has 3 nitrogen and oxygen atoms in total. The number of pyridine rings is 1. The van der Waals surface area contributed by atoms with Gasteiger partial charge in [0.2, 0.25) is 0 Å². The fourth-order valence-corrected chi connectivity index (χ4v) is 1.86. The SMILES string of the molecule is N#Cc1cc2ccccc2nc1-n1cccc1. The number of nitrogens with zero attached hydrogens (tertiary/aromatic N) is 3. The van der Waals surface area contributed by atoms with Crippen LogP contribution in [0.15, 0.2) is 54.9 Å². The lowest BCUT2D eigenvalue weighted by Crippen LogP contribution is -1.98. The van der Waals surface area contributed by atoms with E-state index < -0.39 is 0 Å². The molecule has 0 spiro atoms. The molecule has 2 heterocycles. The van der Waals surface area contributed by atoms with Crippen molar-refractivity contribution in [1.29, 1.82) is 5.26 Å². The quantitative estimate of drug-likeness (QED) is 0.631. The Bertz CT molecular complexity index is 706. The van der Waals surface area contributed by atoms with Crippen molar-refractivity contribution in [2.75, 3.05) is 0 Å². The minimum absolute atomic E-state index is 0.583. The molecule has 3 heteroatoms. The average Bonchev–Trinajstić information content (AvgIpc) is 2.91. The molecular formula is C14H9N3. The number of nitriles is 1. The van der Waals surface area contributed by atoms with Crippen LogP contribution in [-0.2, 0) is 0 Å². The van der Waals surface area contributed by atoms with E-state index >= 15 is 0 Å². The first kappa shape index (κ1) is 9.61. The Morgan fingerprint density at radius 2 is 1.82 bits per heavy atom. The number of fused-ring (bicyclic) bond motifs is 1. The molecule has 0 bridgehead atoms. The van der Waals surface area contributed by atoms with Crippen LogP contribution in [0.2, 0.25) is 0 Å². The van der Waals surface area contributed by atoms with Crippen LogP contribution in [0, 0.1) is 11.3 Å². The van der Waals surface area contributed by atoms with Gasteiger partial charge in [-0.05, 0) is 24.3 Å². The molecule has 0 aliphatic heterocycles. The van der Waals surface area contributed by atoms with Crippen LogP contribution in [0.4, 0.5) is 0 Å². The molecule has 0 saturated heterocycles. The lowest BCUT2D eigenvalue weighted by Gasteiger charge is -2.06. The Labute approximate surface area is 98.6 Å². The monoisotopic (exact) mass is 219 g/mol. The third-order valence-electron chi connectivity index (χ3n) is 2.67. The van der Waals surface area contributed by atoms with Crippen LogP contribution in [0.3, 0.4) is 0 Å². The molecule has 0 saturated carbocycles. The van der Waals surface area contributed by atoms with E-state index in [2.05, 4.69) is 11.1 Å². The van der Waals surface area contributed by atoms with E-state index in [1.165, 1.54) is 0 Å². The van der Waals surface area contributed by atoms with Crippen molar-refractivity contribution < 1.29 is 0 Å². The predicted molar refractivity (Wildman–Crippen MR) is 65.8 cm³/mol. The lowest BCUT2D eigenvalue weighted by molar-refractivity contribution is 1.02. The van der Waals surface area contributed by atoms with E-state index in [9.17, 15) is 5.26 Å². The molecule has 0 unspecified atom stereocenters. The molecule has 3 rings (SSSR count). The summed E-state index contributed by atoms with van der Waals surface area (Å²) in [6, 6.07) is 15.7. The lowest BCUT2D eigenvalue weighted by atomic mass is 10.1. The van der Waals surface area contributed by atoms with Gasteiger partial charge >= 0.3 is 0 Å². The molecule has 1 aromatic carbocycles. The van der Waals surface area contributed by atoms with Crippen molar-refractivity contribution in [3.8, 4) is 11.9 Å². The van der Waals surface area contributed by atoms with Crippen LogP contribution in [0.1, 0.15) is 5.56 Å². The minimum atomic E-state index is 0.583. The van der Waals surface area contributed by atoms with Crippen molar-refractivity contribution in [2.45, 2.75) is 0 Å². The van der Waals surface area contributed by atoms with E-state index in [-0.39, 0.29) is 0 Å². The summed E-state index contributed by atoms with van der Waals surface area (Å²) in [5, 5.41) is 10.2. The molecule has 0 radical (unpaired) electrons. The molecule has 2 aromatic heterocycles. The smallest absolute Gasteiger partial charge is 0.155 e. The summed E-state index contributed by atoms with van der Waals surface area (Å²) in [6.07, 6.45) is 3.77. The summed E-state index contributed by atoms with van der Waals surface area (Å²) in [4.78, 5) is 4.53. The Balaban J connectivity index is 2.34. The Kier molecular flexibility index (Phi) is 2.13. The standard InChI is InChI=1S/C14H9N3/c15-10-12-9-11-5-1-2-6-13(11)16-14(12)17-7-3-4-8-17/h1-9H. The van der Waals surface area contributed by atoms with E-state index in [4.69, 9.17) is 0 Å². The maximum Gasteiger partial charge on any atom is 0.155 e. The first-order valence-electron chi connectivity index (χ1n) is 5.32. The van der Waals surface area contributed by atoms with Gasteiger partial charge in [0.25, 0.3) is 0 Å². The maximum absolute atomic E-state index is 9.17. The van der Waals surface area contributed by atoms with Crippen molar-refractivity contribution in [1.82, 2.24) is 9.55 Å². The van der Waals surface area contributed by atoms with Gasteiger partial charge in [-0.15, -0.1) is 0 Å². The molecule has 0 amide bonds. The number of hydrogen-bond acceptors (Lipinski definition) is 2. The zero-order valence-corrected chi connectivity index (χ0v) is 9.04. The van der Waals surface area contributed by atoms with Crippen molar-refractivity contribution in [2.24, 2.45) is 0 Å². The van der Waals surface area contributed by atoms with E-state index in [1.54, 1.807) is 0 Å². The summed E-state index contributed by atoms with van der Waals surface area (Å²) >= 11 is 0. The topological polar surface area (TPSA) is 41.6 Å². The zero-order chi connectivity index (χ0) is 11.7. The summed E-state index contributed by atoms with van der Waals surface area (Å²) in [7, 11) is 0. The Hall–Kier alpha value is -2.60. The number of rotatable bonds is 1. The molecular weight excluding hydrogens is 210 g/mol. The highest BCUT2D eigenvalue weighted by molar-refractivity contribution is 5.81. The van der Waals surface area contributed by atoms with Gasteiger partial charge in [0.1, 0.15) is 6.07 Å². The Morgan fingerprint density at radius 3 is 2.59 bits per heavy atom. The molecule has 0 aliphatic rings. The zero-order valence-electron chi connectivity index (χ0n) is 9.04. The molecule has 3 aromatic rings. The number of benzene rings is 1. The summed E-state index contributed by atoms with van der Waals surface area (Å²) in [5.74, 6) is 0.677. The first-order valence-corrected chi connectivity index (χ1v) is 5.32. The fraction of sp³-hybridized carbons (Fsp3) is 0. The highest BCUT2D eigenvalue weighted by Crippen LogP contribution is 2.19. The van der Waals surface area contributed by atoms with Crippen molar-refractivity contribution >= 4 is 10.9 Å². The molecule has 17 heavy (non-hydrogen) atoms. The Morgan fingerprint density at radius 1 is 1.06 bits per heavy atom. The third-order valence-corrected chi connectivity index (χ3v) is 2.67. The molecule has 0 aliphatic carbocycles. The van der Waals surface area contributed by atoms with Crippen molar-refractivity contribution in [3.63, 3.8) is 0 Å². The number of aromatic nitrogens is 2. The summed E-state index contributed by atoms with van der Waals surface area (Å²) < 4.78 is 1.85. The first-order chi connectivity index (χ1) is 8.38. The summed E-state index contributed by atoms with van der Waals surface area (Å²) in [6.45, 7) is 0. The van der Waals surface area contributed by atoms with Crippen LogP contribution in [0.5, 0.6) is 0 Å². The van der Waals surface area contributed by atoms with Gasteiger partial charge in [0.15, 0.2) is 5.82 Å². The van der Waals surface area contributed by atoms with Gasteiger partial charge in [-0.25, -0.2) is 4.98 Å². The average molecular weight is 219 g/mol. The van der Waals surface area contributed by atoms with Crippen LogP contribution < -0.4 is 0 Å². The van der Waals surface area contributed by atoms with Crippen LogP contribution in [-0.4, -0.2) is 9.55 Å². The highest BCUT2D eigenvalue weighted by atomic mass is 15.0. The van der Waals surface area contributed by atoms with Gasteiger partial charge in [-0.3, -0.25) is 0 Å². The van der Waals surface area contributed by atoms with E-state index in [0.717, 1.165) is 10.9 Å². The van der Waals surface area contributed by atoms with Crippen molar-refractivity contribution in [3.05, 3.63) is 60.4 Å². The van der Waals surface area contributed by atoms with Gasteiger partial charge in [-0.2, -0.15) is 5.26 Å². The number of hydrogen-bond donors (Lipinski definition) is 0. The normalized spacial score (nSPS) is 10.3. The second kappa shape index (κ2) is 3.76. The molecule has 0 atom stereocenters. The van der Waals surface area contributed by atoms with Gasteiger partial charge in [-0.1, -0.05) is 18.2 Å². The van der Waals surface area contributed by atoms with E-state index in [0.29, 0.717) is 11.4 Å². The highest BCUT2D eigenvalue weighted by Gasteiger charge is 2.07. The maximum atomic E-state index is 9.17. The van der Waals surface area contributed by atoms with Gasteiger partial charge in [0.05, 0.1) is 11.1 Å². The summed E-state index contributed by atoms with van der Waals surface area (Å²) in [5.41, 5.74) is 1.48. The minimum Gasteiger partial charge on any atom is -0.308 e. The largest absolute Gasteiger partial charge is 0.308 e. The number of para-hydroxylation sites is 1. The second-order valence-corrected chi connectivity index (χ2v) is 3.75. The van der Waals surface area contributed by atoms with Gasteiger partial charge < -0.3 is 4.57 Å². The van der Waals surface area contributed by atoms with Crippen LogP contribution in [0.25, 0.3) is 16.7 Å². The van der Waals surface area contributed by atoms with E-state index in [1.807, 2.05) is 59.4 Å². The second-order valence-electron chi connectivity index (χ2n) is 3.75. The third kappa shape index (κ3) is 1.56. The predicted octanol–water partition coefficient (Wildman–Crippen LogP) is 2.90.